The highest BCUT2D eigenvalue weighted by Gasteiger charge is 2.56. The van der Waals surface area contributed by atoms with Crippen LogP contribution in [0.1, 0.15) is 48.7 Å². The third-order valence-corrected chi connectivity index (χ3v) is 7.73. The summed E-state index contributed by atoms with van der Waals surface area (Å²) in [6.07, 6.45) is 3.46. The molecule has 28 heavy (non-hydrogen) atoms. The summed E-state index contributed by atoms with van der Waals surface area (Å²) in [5.74, 6) is 0.106. The second kappa shape index (κ2) is 5.84. The highest BCUT2D eigenvalue weighted by molar-refractivity contribution is 6.30. The molecule has 1 aliphatic carbocycles. The Bertz CT molecular complexity index is 1100. The van der Waals surface area contributed by atoms with Crippen LogP contribution in [-0.2, 0) is 11.8 Å². The highest BCUT2D eigenvalue weighted by atomic mass is 35.5. The van der Waals surface area contributed by atoms with Gasteiger partial charge in [0.2, 0.25) is 0 Å². The molecule has 2 unspecified atom stereocenters. The van der Waals surface area contributed by atoms with Gasteiger partial charge < -0.3 is 9.88 Å². The van der Waals surface area contributed by atoms with Gasteiger partial charge in [0.15, 0.2) is 0 Å². The van der Waals surface area contributed by atoms with E-state index in [1.54, 1.807) is 6.33 Å². The van der Waals surface area contributed by atoms with E-state index < -0.39 is 0 Å². The normalized spacial score (nSPS) is 25.6. The fraction of sp³-hybridized carbons (Fsp3) is 0.391. The Morgan fingerprint density at radius 2 is 2.04 bits per heavy atom. The van der Waals surface area contributed by atoms with Crippen molar-refractivity contribution in [3.8, 4) is 0 Å². The Morgan fingerprint density at radius 3 is 2.86 bits per heavy atom. The van der Waals surface area contributed by atoms with E-state index in [4.69, 9.17) is 11.6 Å². The Kier molecular flexibility index (Phi) is 3.70. The summed E-state index contributed by atoms with van der Waals surface area (Å²) in [7, 11) is 0. The zero-order valence-electron chi connectivity index (χ0n) is 16.4. The topological polar surface area (TPSA) is 49.0 Å². The number of benzene rings is 2. The minimum Gasteiger partial charge on any atom is -0.345 e. The van der Waals surface area contributed by atoms with Gasteiger partial charge in [0.25, 0.3) is 5.91 Å². The third kappa shape index (κ3) is 2.30. The molecule has 2 aliphatic rings. The third-order valence-electron chi connectivity index (χ3n) is 7.49. The van der Waals surface area contributed by atoms with Crippen molar-refractivity contribution in [1.82, 2.24) is 14.9 Å². The van der Waals surface area contributed by atoms with Gasteiger partial charge in [0.1, 0.15) is 0 Å². The molecule has 0 spiro atoms. The lowest BCUT2D eigenvalue weighted by Crippen LogP contribution is -2.64. The van der Waals surface area contributed by atoms with Crippen molar-refractivity contribution < 1.29 is 4.79 Å². The summed E-state index contributed by atoms with van der Waals surface area (Å²) >= 11 is 6.33. The van der Waals surface area contributed by atoms with E-state index in [2.05, 4.69) is 47.8 Å². The Balaban J connectivity index is 1.57. The number of amides is 1. The van der Waals surface area contributed by atoms with Gasteiger partial charge in [-0.25, -0.2) is 4.98 Å². The maximum atomic E-state index is 13.5. The van der Waals surface area contributed by atoms with Crippen molar-refractivity contribution in [3.05, 3.63) is 64.4 Å². The number of imidazole rings is 1. The van der Waals surface area contributed by atoms with Gasteiger partial charge in [0, 0.05) is 28.6 Å². The largest absolute Gasteiger partial charge is 0.345 e. The van der Waals surface area contributed by atoms with E-state index in [1.165, 1.54) is 11.1 Å². The molecule has 144 valence electrons. The number of nitrogens with one attached hydrogen (secondary N) is 1. The molecule has 1 aromatic heterocycles. The molecular weight excluding hydrogens is 370 g/mol. The average molecular weight is 394 g/mol. The fourth-order valence-corrected chi connectivity index (χ4v) is 5.52. The number of piperidine rings is 1. The maximum Gasteiger partial charge on any atom is 0.254 e. The van der Waals surface area contributed by atoms with Crippen molar-refractivity contribution in [1.29, 1.82) is 0 Å². The number of rotatable bonds is 1. The smallest absolute Gasteiger partial charge is 0.254 e. The molecule has 4 nitrogen and oxygen atoms in total. The molecule has 5 rings (SSSR count). The van der Waals surface area contributed by atoms with Crippen molar-refractivity contribution >= 4 is 28.5 Å². The number of carbonyl (C=O) groups is 1. The number of hydrogen-bond donors (Lipinski definition) is 1. The second-order valence-electron chi connectivity index (χ2n) is 8.96. The van der Waals surface area contributed by atoms with E-state index in [-0.39, 0.29) is 22.8 Å². The average Bonchev–Trinajstić information content (AvgIpc) is 3.13. The molecule has 0 saturated carbocycles. The van der Waals surface area contributed by atoms with Crippen LogP contribution in [0.3, 0.4) is 0 Å². The Morgan fingerprint density at radius 1 is 1.21 bits per heavy atom. The fourth-order valence-electron chi connectivity index (χ4n) is 5.35. The summed E-state index contributed by atoms with van der Waals surface area (Å²) in [6.45, 7) is 7.71. The summed E-state index contributed by atoms with van der Waals surface area (Å²) in [5, 5.41) is 0.792. The molecule has 1 N–H and O–H groups in total. The Labute approximate surface area is 169 Å². The van der Waals surface area contributed by atoms with Gasteiger partial charge in [-0.15, -0.1) is 0 Å². The number of fused-ring (bicyclic) bond motifs is 5. The predicted molar refractivity (Wildman–Crippen MR) is 112 cm³/mol. The van der Waals surface area contributed by atoms with E-state index in [0.717, 1.165) is 41.0 Å². The summed E-state index contributed by atoms with van der Waals surface area (Å²) < 4.78 is 0. The van der Waals surface area contributed by atoms with Crippen molar-refractivity contribution in [3.63, 3.8) is 0 Å². The van der Waals surface area contributed by atoms with Crippen molar-refractivity contribution in [2.45, 2.75) is 45.1 Å². The molecule has 0 radical (unpaired) electrons. The number of nitrogens with zero attached hydrogens (tertiary/aromatic N) is 2. The van der Waals surface area contributed by atoms with Crippen molar-refractivity contribution in [2.75, 3.05) is 6.54 Å². The van der Waals surface area contributed by atoms with E-state index >= 15 is 0 Å². The molecule has 1 fully saturated rings. The van der Waals surface area contributed by atoms with Crippen LogP contribution in [0.4, 0.5) is 0 Å². The lowest BCUT2D eigenvalue weighted by Gasteiger charge is -2.60. The lowest BCUT2D eigenvalue weighted by atomic mass is 9.51. The van der Waals surface area contributed by atoms with Crippen LogP contribution in [0.25, 0.3) is 11.0 Å². The minimum atomic E-state index is -0.0450. The number of aromatic nitrogens is 2. The van der Waals surface area contributed by atoms with Gasteiger partial charge in [-0.1, -0.05) is 38.4 Å². The van der Waals surface area contributed by atoms with Gasteiger partial charge in [0.05, 0.1) is 17.4 Å². The zero-order chi connectivity index (χ0) is 19.7. The lowest BCUT2D eigenvalue weighted by molar-refractivity contribution is -0.0261. The molecule has 2 heterocycles. The summed E-state index contributed by atoms with van der Waals surface area (Å²) in [5.41, 5.74) is 5.13. The molecule has 1 aliphatic heterocycles. The minimum absolute atomic E-state index is 0.000258. The van der Waals surface area contributed by atoms with Gasteiger partial charge in [-0.3, -0.25) is 4.79 Å². The van der Waals surface area contributed by atoms with Crippen LogP contribution >= 0.6 is 11.6 Å². The molecule has 3 aromatic rings. The Hall–Kier alpha value is -2.33. The number of hydrogen-bond acceptors (Lipinski definition) is 2. The maximum absolute atomic E-state index is 13.5. The van der Waals surface area contributed by atoms with Gasteiger partial charge in [-0.05, 0) is 59.7 Å². The zero-order valence-corrected chi connectivity index (χ0v) is 17.2. The van der Waals surface area contributed by atoms with Crippen LogP contribution < -0.4 is 0 Å². The second-order valence-corrected chi connectivity index (χ2v) is 9.39. The molecule has 5 heteroatoms. The molecule has 1 amide bonds. The van der Waals surface area contributed by atoms with Crippen LogP contribution in [0.2, 0.25) is 5.02 Å². The van der Waals surface area contributed by atoms with Crippen LogP contribution in [0.5, 0.6) is 0 Å². The monoisotopic (exact) mass is 393 g/mol. The quantitative estimate of drug-likeness (QED) is 0.634. The number of H-pyrrole nitrogens is 1. The SMILES string of the molecule is CC12CCN(C(=O)c3ccc4nc[nH]c4c3)C(Cc3ccc(Cl)cc31)C2(C)C. The first-order valence-electron chi connectivity index (χ1n) is 9.84. The summed E-state index contributed by atoms with van der Waals surface area (Å²) in [4.78, 5) is 23.0. The van der Waals surface area contributed by atoms with Crippen LogP contribution in [-0.4, -0.2) is 33.4 Å². The molecule has 2 atom stereocenters. The van der Waals surface area contributed by atoms with Crippen LogP contribution in [0, 0.1) is 5.41 Å². The number of carbonyl (C=O) groups excluding carboxylic acids is 1. The molecule has 2 aromatic carbocycles. The standard InChI is InChI=1S/C23H24ClN3O/c1-22(2)20-11-14-4-6-16(24)12-17(14)23(22,3)8-9-27(20)21(28)15-5-7-18-19(10-15)26-13-25-18/h4-7,10,12-13,20H,8-9,11H2,1-3H3,(H,25,26). The van der Waals surface area contributed by atoms with Crippen LogP contribution in [0.15, 0.2) is 42.7 Å². The first-order chi connectivity index (χ1) is 13.3. The first kappa shape index (κ1) is 17.7. The summed E-state index contributed by atoms with van der Waals surface area (Å²) in [6, 6.07) is 12.1. The molecular formula is C23H24ClN3O. The number of halogens is 1. The predicted octanol–water partition coefficient (Wildman–Crippen LogP) is 4.97. The number of aromatic amines is 1. The van der Waals surface area contributed by atoms with E-state index in [0.29, 0.717) is 0 Å². The van der Waals surface area contributed by atoms with Gasteiger partial charge in [-0.2, -0.15) is 0 Å². The highest BCUT2D eigenvalue weighted by Crippen LogP contribution is 2.56. The van der Waals surface area contributed by atoms with Gasteiger partial charge >= 0.3 is 0 Å². The van der Waals surface area contributed by atoms with E-state index in [9.17, 15) is 4.79 Å². The first-order valence-corrected chi connectivity index (χ1v) is 10.2. The van der Waals surface area contributed by atoms with Crippen molar-refractivity contribution in [2.24, 2.45) is 5.41 Å². The number of likely N-dealkylation sites (tertiary alicyclic amines) is 1. The molecule has 2 bridgehead atoms. The van der Waals surface area contributed by atoms with E-state index in [1.807, 2.05) is 24.3 Å². The molecule has 1 saturated heterocycles.